The van der Waals surface area contributed by atoms with Crippen molar-refractivity contribution in [1.29, 1.82) is 0 Å². The Balaban J connectivity index is -0.0000000450. The van der Waals surface area contributed by atoms with Crippen LogP contribution in [0.4, 0.5) is 0 Å². The molecule has 0 aliphatic rings. The van der Waals surface area contributed by atoms with E-state index in [0.717, 1.165) is 6.92 Å². The van der Waals surface area contributed by atoms with Crippen LogP contribution < -0.4 is 0 Å². The molecule has 2 nitrogen and oxygen atoms in total. The average molecular weight is 171 g/mol. The molecule has 0 aliphatic carbocycles. The molecule has 4 heteroatoms. The molecule has 0 amide bonds. The first-order chi connectivity index (χ1) is 1.73. The molecule has 0 saturated carbocycles. The maximum atomic E-state index is 9.00. The van der Waals surface area contributed by atoms with Crippen molar-refractivity contribution in [3.05, 3.63) is 0 Å². The van der Waals surface area contributed by atoms with Crippen LogP contribution >= 0.6 is 0 Å². The summed E-state index contributed by atoms with van der Waals surface area (Å²) in [6.07, 6.45) is 0. The summed E-state index contributed by atoms with van der Waals surface area (Å²) in [6.45, 7) is 1.08. The molecule has 0 heterocycles. The number of carboxylic acid groups (broad SMARTS) is 1. The van der Waals surface area contributed by atoms with Crippen LogP contribution in [0, 0.1) is 0 Å². The van der Waals surface area contributed by atoms with Crippen molar-refractivity contribution < 1.29 is 9.90 Å². The Labute approximate surface area is 108 Å². The third-order valence-electron chi connectivity index (χ3n) is 0. The van der Waals surface area contributed by atoms with Crippen LogP contribution in [0.5, 0.6) is 0 Å². The van der Waals surface area contributed by atoms with Gasteiger partial charge in [0, 0.05) is 6.92 Å². The molecule has 28 valence electrons. The van der Waals surface area contributed by atoms with Gasteiger partial charge in [0.25, 0.3) is 5.97 Å². The van der Waals surface area contributed by atoms with Crippen molar-refractivity contribution in [2.75, 3.05) is 0 Å². The van der Waals surface area contributed by atoms with Gasteiger partial charge < -0.3 is 5.11 Å². The summed E-state index contributed by atoms with van der Waals surface area (Å²) in [6, 6.07) is 0. The number of carboxylic acids is 1. The van der Waals surface area contributed by atoms with E-state index in [0.29, 0.717) is 0 Å². The van der Waals surface area contributed by atoms with E-state index in [2.05, 4.69) is 0 Å². The van der Waals surface area contributed by atoms with Crippen molar-refractivity contribution >= 4 is 93.7 Å². The number of rotatable bonds is 0. The summed E-state index contributed by atoms with van der Waals surface area (Å²) < 4.78 is 0. The standard InChI is InChI=1S/C2H4O2.Na.Rb.2H/c1-2(3)4;;;;/h1H3,(H,3,4);;;;. The molecule has 0 aliphatic heterocycles. The van der Waals surface area contributed by atoms with E-state index in [1.165, 1.54) is 0 Å². The normalized spacial score (nSPS) is 4.17. The Kier molecular flexibility index (Phi) is 27.0. The first kappa shape index (κ1) is 15.7. The Morgan fingerprint density at radius 1 is 1.67 bits per heavy atom. The second-order valence-electron chi connectivity index (χ2n) is 0.519. The number of hydrogen-bond acceptors (Lipinski definition) is 1. The van der Waals surface area contributed by atoms with E-state index < -0.39 is 5.97 Å². The summed E-state index contributed by atoms with van der Waals surface area (Å²) in [7, 11) is 0. The molecular formula is C2H6NaO2Rb. The predicted octanol–water partition coefficient (Wildman–Crippen LogP) is -1.21. The van der Waals surface area contributed by atoms with Gasteiger partial charge in [-0.25, -0.2) is 0 Å². The Hall–Kier alpha value is 2.28. The molecule has 6 heavy (non-hydrogen) atoms. The van der Waals surface area contributed by atoms with E-state index in [1.807, 2.05) is 0 Å². The van der Waals surface area contributed by atoms with Gasteiger partial charge in [-0.1, -0.05) is 0 Å². The fourth-order valence-corrected chi connectivity index (χ4v) is 0. The van der Waals surface area contributed by atoms with Crippen molar-refractivity contribution in [1.82, 2.24) is 0 Å². The van der Waals surface area contributed by atoms with Crippen LogP contribution in [0.3, 0.4) is 0 Å². The molecule has 0 fully saturated rings. The third-order valence-corrected chi connectivity index (χ3v) is 0. The summed E-state index contributed by atoms with van der Waals surface area (Å²) in [5.41, 5.74) is 0. The number of carbonyl (C=O) groups is 1. The van der Waals surface area contributed by atoms with Crippen LogP contribution in [0.2, 0.25) is 0 Å². The third kappa shape index (κ3) is 33.7. The molecular weight excluding hydrogens is 164 g/mol. The van der Waals surface area contributed by atoms with Crippen LogP contribution in [0.25, 0.3) is 0 Å². The zero-order chi connectivity index (χ0) is 3.58. The molecule has 0 aromatic carbocycles. The molecule has 0 atom stereocenters. The average Bonchev–Trinajstić information content (AvgIpc) is 0.811. The number of hydrogen-bond donors (Lipinski definition) is 1. The molecule has 0 bridgehead atoms. The Morgan fingerprint density at radius 2 is 1.67 bits per heavy atom. The molecule has 0 aromatic rings. The maximum absolute atomic E-state index is 9.00. The molecule has 1 N–H and O–H groups in total. The fraction of sp³-hybridized carbons (Fsp3) is 0.500. The minimum atomic E-state index is -0.833. The Morgan fingerprint density at radius 3 is 1.67 bits per heavy atom. The minimum absolute atomic E-state index is 0. The van der Waals surface area contributed by atoms with Crippen LogP contribution in [-0.2, 0) is 4.79 Å². The summed E-state index contributed by atoms with van der Waals surface area (Å²) in [5, 5.41) is 7.42. The van der Waals surface area contributed by atoms with Crippen molar-refractivity contribution in [3.8, 4) is 0 Å². The molecule has 0 spiro atoms. The molecule has 0 saturated heterocycles. The molecule has 0 radical (unpaired) electrons. The topological polar surface area (TPSA) is 37.3 Å². The van der Waals surface area contributed by atoms with Gasteiger partial charge in [-0.05, 0) is 0 Å². The fourth-order valence-electron chi connectivity index (χ4n) is 0. The second kappa shape index (κ2) is 10.3. The van der Waals surface area contributed by atoms with Gasteiger partial charge in [-0.2, -0.15) is 0 Å². The van der Waals surface area contributed by atoms with Gasteiger partial charge in [-0.15, -0.1) is 0 Å². The Bertz CT molecular complexity index is 34.5. The van der Waals surface area contributed by atoms with E-state index in [1.54, 1.807) is 0 Å². The van der Waals surface area contributed by atoms with Crippen molar-refractivity contribution in [3.63, 3.8) is 0 Å². The van der Waals surface area contributed by atoms with Gasteiger partial charge in [0.2, 0.25) is 0 Å². The molecule has 0 rings (SSSR count). The molecule has 0 aromatic heterocycles. The van der Waals surface area contributed by atoms with Crippen molar-refractivity contribution in [2.45, 2.75) is 6.92 Å². The zero-order valence-electron chi connectivity index (χ0n) is 2.36. The number of aliphatic carboxylic acids is 1. The predicted molar refractivity (Wildman–Crippen MR) is 27.6 cm³/mol. The molecule has 0 unspecified atom stereocenters. The first-order valence-electron chi connectivity index (χ1n) is 0.928. The van der Waals surface area contributed by atoms with E-state index in [9.17, 15) is 0 Å². The van der Waals surface area contributed by atoms with E-state index >= 15 is 0 Å². The van der Waals surface area contributed by atoms with Gasteiger partial charge in [0.1, 0.15) is 0 Å². The van der Waals surface area contributed by atoms with Crippen LogP contribution in [-0.4, -0.2) is 98.8 Å². The van der Waals surface area contributed by atoms with E-state index in [4.69, 9.17) is 9.90 Å². The SMILES string of the molecule is CC(=O)O.[NaH].[RbH]. The van der Waals surface area contributed by atoms with Gasteiger partial charge in [0.05, 0.1) is 0 Å². The summed E-state index contributed by atoms with van der Waals surface area (Å²) in [4.78, 5) is 9.00. The van der Waals surface area contributed by atoms with Gasteiger partial charge in [-0.3, -0.25) is 4.79 Å². The summed E-state index contributed by atoms with van der Waals surface area (Å²) >= 11 is 0. The van der Waals surface area contributed by atoms with Gasteiger partial charge in [0.15, 0.2) is 0 Å². The van der Waals surface area contributed by atoms with Crippen LogP contribution in [0.1, 0.15) is 6.92 Å². The monoisotopic (exact) mass is 170 g/mol. The van der Waals surface area contributed by atoms with Crippen LogP contribution in [0.15, 0.2) is 0 Å². The summed E-state index contributed by atoms with van der Waals surface area (Å²) in [5.74, 6) is -0.833. The van der Waals surface area contributed by atoms with Gasteiger partial charge >= 0.3 is 87.7 Å². The first-order valence-corrected chi connectivity index (χ1v) is 0.928. The van der Waals surface area contributed by atoms with Crippen molar-refractivity contribution in [2.24, 2.45) is 0 Å². The van der Waals surface area contributed by atoms with E-state index in [-0.39, 0.29) is 87.7 Å². The second-order valence-corrected chi connectivity index (χ2v) is 0.519. The quantitative estimate of drug-likeness (QED) is 0.464. The zero-order valence-corrected chi connectivity index (χ0v) is 2.36.